The Hall–Kier alpha value is -2.44. The van der Waals surface area contributed by atoms with Crippen molar-refractivity contribution in [1.29, 1.82) is 0 Å². The SMILES string of the molecule is COc1c(F)cccc1N1CCCN(Cc2csc(-c3ccccc3)n2)CC1. The maximum atomic E-state index is 14.0. The maximum absolute atomic E-state index is 14.0. The number of nitrogens with zero attached hydrogens (tertiary/aromatic N) is 3. The average Bonchev–Trinajstić information content (AvgIpc) is 3.07. The zero-order valence-electron chi connectivity index (χ0n) is 16.0. The Morgan fingerprint density at radius 2 is 1.89 bits per heavy atom. The molecule has 1 fully saturated rings. The third-order valence-electron chi connectivity index (χ3n) is 5.04. The summed E-state index contributed by atoms with van der Waals surface area (Å²) in [4.78, 5) is 9.46. The van der Waals surface area contributed by atoms with E-state index < -0.39 is 0 Å². The van der Waals surface area contributed by atoms with E-state index >= 15 is 0 Å². The summed E-state index contributed by atoms with van der Waals surface area (Å²) in [7, 11) is 1.53. The van der Waals surface area contributed by atoms with Crippen molar-refractivity contribution in [2.24, 2.45) is 0 Å². The van der Waals surface area contributed by atoms with Crippen molar-refractivity contribution >= 4 is 17.0 Å². The Morgan fingerprint density at radius 1 is 1.04 bits per heavy atom. The van der Waals surface area contributed by atoms with Crippen molar-refractivity contribution in [3.8, 4) is 16.3 Å². The van der Waals surface area contributed by atoms with Gasteiger partial charge < -0.3 is 9.64 Å². The number of hydrogen-bond acceptors (Lipinski definition) is 5. The number of anilines is 1. The number of hydrogen-bond donors (Lipinski definition) is 0. The number of halogens is 1. The molecule has 0 bridgehead atoms. The molecule has 4 nitrogen and oxygen atoms in total. The second-order valence-corrected chi connectivity index (χ2v) is 7.78. The number of aromatic nitrogens is 1. The third-order valence-corrected chi connectivity index (χ3v) is 5.98. The monoisotopic (exact) mass is 397 g/mol. The van der Waals surface area contributed by atoms with Crippen LogP contribution in [0.25, 0.3) is 10.6 Å². The Labute approximate surface area is 169 Å². The molecule has 0 atom stereocenters. The minimum absolute atomic E-state index is 0.308. The topological polar surface area (TPSA) is 28.6 Å². The van der Waals surface area contributed by atoms with Gasteiger partial charge in [-0.3, -0.25) is 4.90 Å². The van der Waals surface area contributed by atoms with Crippen molar-refractivity contribution in [2.75, 3.05) is 38.2 Å². The summed E-state index contributed by atoms with van der Waals surface area (Å²) < 4.78 is 19.3. The van der Waals surface area contributed by atoms with Crippen LogP contribution in [0, 0.1) is 5.82 Å². The quantitative estimate of drug-likeness (QED) is 0.626. The van der Waals surface area contributed by atoms with Crippen LogP contribution in [0.3, 0.4) is 0 Å². The standard InChI is InChI=1S/C22H24FN3OS/c1-27-21-19(23)9-5-10-20(21)26-12-6-11-25(13-14-26)15-18-16-28-22(24-18)17-7-3-2-4-8-17/h2-5,7-10,16H,6,11-15H2,1H3. The molecule has 6 heteroatoms. The van der Waals surface area contributed by atoms with Gasteiger partial charge in [0.15, 0.2) is 11.6 Å². The molecule has 28 heavy (non-hydrogen) atoms. The lowest BCUT2D eigenvalue weighted by atomic mass is 10.2. The maximum Gasteiger partial charge on any atom is 0.177 e. The normalized spacial score (nSPS) is 15.4. The Bertz CT molecular complexity index is 915. The van der Waals surface area contributed by atoms with E-state index in [1.807, 2.05) is 24.3 Å². The van der Waals surface area contributed by atoms with E-state index in [1.54, 1.807) is 17.4 Å². The van der Waals surface area contributed by atoms with Crippen LogP contribution < -0.4 is 9.64 Å². The molecule has 1 aliphatic heterocycles. The Balaban J connectivity index is 1.41. The molecule has 2 aromatic carbocycles. The van der Waals surface area contributed by atoms with E-state index in [0.717, 1.165) is 55.5 Å². The summed E-state index contributed by atoms with van der Waals surface area (Å²) in [5, 5.41) is 3.22. The number of thiazole rings is 1. The number of ether oxygens (including phenoxy) is 1. The average molecular weight is 398 g/mol. The van der Waals surface area contributed by atoms with Crippen molar-refractivity contribution in [1.82, 2.24) is 9.88 Å². The van der Waals surface area contributed by atoms with Crippen molar-refractivity contribution < 1.29 is 9.13 Å². The van der Waals surface area contributed by atoms with Gasteiger partial charge in [0.25, 0.3) is 0 Å². The lowest BCUT2D eigenvalue weighted by molar-refractivity contribution is 0.282. The summed E-state index contributed by atoms with van der Waals surface area (Å²) in [5.74, 6) is 0.0278. The summed E-state index contributed by atoms with van der Waals surface area (Å²) in [6.07, 6.45) is 1.02. The lowest BCUT2D eigenvalue weighted by Crippen LogP contribution is -2.30. The molecule has 0 saturated carbocycles. The predicted octanol–water partition coefficient (Wildman–Crippen LogP) is 4.67. The molecule has 0 spiro atoms. The first-order chi connectivity index (χ1) is 13.7. The highest BCUT2D eigenvalue weighted by Crippen LogP contribution is 2.31. The van der Waals surface area contributed by atoms with Crippen LogP contribution in [0.2, 0.25) is 0 Å². The minimum atomic E-state index is -0.308. The summed E-state index contributed by atoms with van der Waals surface area (Å²) in [5.41, 5.74) is 3.11. The second-order valence-electron chi connectivity index (χ2n) is 6.92. The van der Waals surface area contributed by atoms with Gasteiger partial charge in [0.05, 0.1) is 18.5 Å². The molecule has 3 aromatic rings. The van der Waals surface area contributed by atoms with Gasteiger partial charge in [-0.05, 0) is 18.6 Å². The van der Waals surface area contributed by atoms with Crippen molar-refractivity contribution in [2.45, 2.75) is 13.0 Å². The Kier molecular flexibility index (Phi) is 5.88. The minimum Gasteiger partial charge on any atom is -0.492 e. The summed E-state index contributed by atoms with van der Waals surface area (Å²) in [6.45, 7) is 4.50. The first kappa shape index (κ1) is 18.9. The van der Waals surface area contributed by atoms with E-state index in [-0.39, 0.29) is 5.82 Å². The van der Waals surface area contributed by atoms with Gasteiger partial charge in [-0.25, -0.2) is 9.37 Å². The van der Waals surface area contributed by atoms with E-state index in [1.165, 1.54) is 18.7 Å². The first-order valence-electron chi connectivity index (χ1n) is 9.54. The summed E-state index contributed by atoms with van der Waals surface area (Å²) in [6, 6.07) is 15.4. The molecule has 0 amide bonds. The van der Waals surface area contributed by atoms with Gasteiger partial charge in [0.2, 0.25) is 0 Å². The molecule has 1 saturated heterocycles. The zero-order chi connectivity index (χ0) is 19.3. The predicted molar refractivity (Wildman–Crippen MR) is 113 cm³/mol. The molecule has 1 aromatic heterocycles. The number of para-hydroxylation sites is 1. The van der Waals surface area contributed by atoms with E-state index in [0.29, 0.717) is 5.75 Å². The fourth-order valence-corrected chi connectivity index (χ4v) is 4.46. The van der Waals surface area contributed by atoms with Crippen LogP contribution in [0.15, 0.2) is 53.9 Å². The third kappa shape index (κ3) is 4.18. The first-order valence-corrected chi connectivity index (χ1v) is 10.4. The molecule has 0 unspecified atom stereocenters. The lowest BCUT2D eigenvalue weighted by Gasteiger charge is -2.25. The highest BCUT2D eigenvalue weighted by molar-refractivity contribution is 7.13. The van der Waals surface area contributed by atoms with Gasteiger partial charge in [-0.1, -0.05) is 36.4 Å². The van der Waals surface area contributed by atoms with E-state index in [2.05, 4.69) is 27.3 Å². The molecular weight excluding hydrogens is 373 g/mol. The molecule has 2 heterocycles. The molecule has 0 N–H and O–H groups in total. The zero-order valence-corrected chi connectivity index (χ0v) is 16.8. The van der Waals surface area contributed by atoms with Crippen molar-refractivity contribution in [3.05, 3.63) is 65.4 Å². The highest BCUT2D eigenvalue weighted by Gasteiger charge is 2.20. The molecule has 0 radical (unpaired) electrons. The second kappa shape index (κ2) is 8.71. The van der Waals surface area contributed by atoms with Crippen LogP contribution in [0.4, 0.5) is 10.1 Å². The molecule has 1 aliphatic rings. The van der Waals surface area contributed by atoms with Crippen molar-refractivity contribution in [3.63, 3.8) is 0 Å². The fourth-order valence-electron chi connectivity index (χ4n) is 3.64. The molecule has 146 valence electrons. The van der Waals surface area contributed by atoms with Crippen LogP contribution in [0.5, 0.6) is 5.75 Å². The number of benzene rings is 2. The van der Waals surface area contributed by atoms with Gasteiger partial charge in [0, 0.05) is 43.7 Å². The fraction of sp³-hybridized carbons (Fsp3) is 0.318. The van der Waals surface area contributed by atoms with Gasteiger partial charge >= 0.3 is 0 Å². The van der Waals surface area contributed by atoms with Crippen LogP contribution in [-0.2, 0) is 6.54 Å². The van der Waals surface area contributed by atoms with Gasteiger partial charge in [-0.2, -0.15) is 0 Å². The highest BCUT2D eigenvalue weighted by atomic mass is 32.1. The van der Waals surface area contributed by atoms with Gasteiger partial charge in [0.1, 0.15) is 5.01 Å². The molecular formula is C22H24FN3OS. The largest absolute Gasteiger partial charge is 0.492 e. The Morgan fingerprint density at radius 3 is 2.71 bits per heavy atom. The molecule has 0 aliphatic carbocycles. The van der Waals surface area contributed by atoms with Gasteiger partial charge in [-0.15, -0.1) is 11.3 Å². The van der Waals surface area contributed by atoms with Crippen LogP contribution in [-0.4, -0.2) is 43.2 Å². The van der Waals surface area contributed by atoms with E-state index in [4.69, 9.17) is 9.72 Å². The van der Waals surface area contributed by atoms with Crippen LogP contribution >= 0.6 is 11.3 Å². The van der Waals surface area contributed by atoms with E-state index in [9.17, 15) is 4.39 Å². The van der Waals surface area contributed by atoms with Crippen LogP contribution in [0.1, 0.15) is 12.1 Å². The number of methoxy groups -OCH3 is 1. The summed E-state index contributed by atoms with van der Waals surface area (Å²) >= 11 is 1.69. The smallest absolute Gasteiger partial charge is 0.177 e. The molecule has 4 rings (SSSR count). The number of rotatable bonds is 5.